The van der Waals surface area contributed by atoms with Gasteiger partial charge in [-0.1, -0.05) is 166 Å². The van der Waals surface area contributed by atoms with E-state index in [0.29, 0.717) is 29.6 Å². The summed E-state index contributed by atoms with van der Waals surface area (Å²) in [5, 5.41) is 0. The van der Waals surface area contributed by atoms with Crippen molar-refractivity contribution in [2.24, 2.45) is 0 Å². The Labute approximate surface area is 445 Å². The SMILES string of the molecule is CCC(C)c1ccc(-c2ccccn2)cc1.CCC(C)c1ccc(-c2ccccn2)nc1.CCC(C)c1ccc(-c2cccnc2)cc1.CCC(C)c1ccc(-c2ccncc2)cc1.CCC(C)c1ccncc1. The Morgan fingerprint density at radius 3 is 1.04 bits per heavy atom. The van der Waals surface area contributed by atoms with E-state index in [-0.39, 0.29) is 0 Å². The van der Waals surface area contributed by atoms with E-state index in [1.54, 1.807) is 12.4 Å². The first-order valence-corrected chi connectivity index (χ1v) is 26.9. The summed E-state index contributed by atoms with van der Waals surface area (Å²) in [5.74, 6) is 3.17. The van der Waals surface area contributed by atoms with E-state index < -0.39 is 0 Å². The Morgan fingerprint density at radius 1 is 0.257 bits per heavy atom. The maximum Gasteiger partial charge on any atom is 0.0886 e. The maximum atomic E-state index is 4.46. The molecule has 0 bridgehead atoms. The van der Waals surface area contributed by atoms with Gasteiger partial charge in [0.1, 0.15) is 0 Å². The number of hydrogen-bond donors (Lipinski definition) is 0. The molecule has 9 rings (SSSR count). The van der Waals surface area contributed by atoms with Gasteiger partial charge in [0.25, 0.3) is 0 Å². The Hall–Kier alpha value is -7.44. The van der Waals surface area contributed by atoms with Gasteiger partial charge in [0.15, 0.2) is 0 Å². The third-order valence-corrected chi connectivity index (χ3v) is 14.0. The van der Waals surface area contributed by atoms with Crippen LogP contribution in [0, 0.1) is 0 Å². The zero-order valence-electron chi connectivity index (χ0n) is 45.8. The van der Waals surface area contributed by atoms with Gasteiger partial charge in [-0.25, -0.2) is 0 Å². The van der Waals surface area contributed by atoms with E-state index in [2.05, 4.69) is 196 Å². The highest BCUT2D eigenvalue weighted by Crippen LogP contribution is 2.27. The molecule has 382 valence electrons. The van der Waals surface area contributed by atoms with Crippen molar-refractivity contribution >= 4 is 0 Å². The summed E-state index contributed by atoms with van der Waals surface area (Å²) in [6.45, 7) is 22.3. The summed E-state index contributed by atoms with van der Waals surface area (Å²) < 4.78 is 0. The molecule has 5 unspecified atom stereocenters. The van der Waals surface area contributed by atoms with Crippen molar-refractivity contribution < 1.29 is 0 Å². The van der Waals surface area contributed by atoms with Crippen molar-refractivity contribution in [3.63, 3.8) is 0 Å². The largest absolute Gasteiger partial charge is 0.265 e. The number of hydrogen-bond acceptors (Lipinski definition) is 6. The van der Waals surface area contributed by atoms with E-state index in [0.717, 1.165) is 23.5 Å². The van der Waals surface area contributed by atoms with Crippen LogP contribution in [0.5, 0.6) is 0 Å². The minimum absolute atomic E-state index is 0.574. The lowest BCUT2D eigenvalue weighted by molar-refractivity contribution is 0.730. The second-order valence-electron chi connectivity index (χ2n) is 19.1. The van der Waals surface area contributed by atoms with Crippen molar-refractivity contribution in [3.05, 3.63) is 241 Å². The van der Waals surface area contributed by atoms with Crippen molar-refractivity contribution in [3.8, 4) is 44.9 Å². The quantitative estimate of drug-likeness (QED) is 0.108. The topological polar surface area (TPSA) is 77.3 Å². The summed E-state index contributed by atoms with van der Waals surface area (Å²) in [4.78, 5) is 25.2. The fraction of sp³-hybridized carbons (Fsp3) is 0.294. The normalized spacial score (nSPS) is 12.5. The maximum absolute atomic E-state index is 4.46. The number of pyridine rings is 6. The molecule has 0 N–H and O–H groups in total. The summed E-state index contributed by atoms with van der Waals surface area (Å²) in [7, 11) is 0. The minimum Gasteiger partial charge on any atom is -0.265 e. The smallest absolute Gasteiger partial charge is 0.0886 e. The Morgan fingerprint density at radius 2 is 0.635 bits per heavy atom. The molecular formula is C68H80N6. The monoisotopic (exact) mass is 981 g/mol. The van der Waals surface area contributed by atoms with Crippen molar-refractivity contribution in [2.45, 2.75) is 131 Å². The van der Waals surface area contributed by atoms with Crippen molar-refractivity contribution in [1.82, 2.24) is 29.9 Å². The molecule has 0 aliphatic rings. The molecule has 9 aromatic rings. The first-order chi connectivity index (χ1) is 36.1. The second kappa shape index (κ2) is 31.9. The number of nitrogens with zero attached hydrogens (tertiary/aromatic N) is 6. The van der Waals surface area contributed by atoms with Crippen LogP contribution >= 0.6 is 0 Å². The predicted octanol–water partition coefficient (Wildman–Crippen LogP) is 19.0. The summed E-state index contributed by atoms with van der Waals surface area (Å²) in [6.07, 6.45) is 22.5. The summed E-state index contributed by atoms with van der Waals surface area (Å²) in [6, 6.07) is 54.7. The molecule has 74 heavy (non-hydrogen) atoms. The van der Waals surface area contributed by atoms with Gasteiger partial charge in [-0.2, -0.15) is 0 Å². The third-order valence-electron chi connectivity index (χ3n) is 14.0. The summed E-state index contributed by atoms with van der Waals surface area (Å²) in [5.41, 5.74) is 15.9. The van der Waals surface area contributed by atoms with Crippen LogP contribution < -0.4 is 0 Å². The lowest BCUT2D eigenvalue weighted by Gasteiger charge is -2.09. The fourth-order valence-corrected chi connectivity index (χ4v) is 7.84. The molecule has 3 aromatic carbocycles. The van der Waals surface area contributed by atoms with Crippen molar-refractivity contribution in [2.75, 3.05) is 0 Å². The molecule has 6 heterocycles. The third kappa shape index (κ3) is 18.6. The van der Waals surface area contributed by atoms with Gasteiger partial charge >= 0.3 is 0 Å². The fourth-order valence-electron chi connectivity index (χ4n) is 7.84. The molecule has 0 aliphatic heterocycles. The van der Waals surface area contributed by atoms with E-state index in [4.69, 9.17) is 0 Å². The molecule has 0 spiro atoms. The zero-order chi connectivity index (χ0) is 52.9. The van der Waals surface area contributed by atoms with E-state index >= 15 is 0 Å². The van der Waals surface area contributed by atoms with Gasteiger partial charge in [0, 0.05) is 61.3 Å². The molecule has 0 saturated heterocycles. The van der Waals surface area contributed by atoms with E-state index in [1.165, 1.54) is 81.3 Å². The molecule has 6 nitrogen and oxygen atoms in total. The van der Waals surface area contributed by atoms with Crippen LogP contribution in [0.4, 0.5) is 0 Å². The molecule has 0 radical (unpaired) electrons. The second-order valence-corrected chi connectivity index (χ2v) is 19.1. The van der Waals surface area contributed by atoms with Crippen LogP contribution in [-0.2, 0) is 0 Å². The van der Waals surface area contributed by atoms with E-state index in [1.807, 2.05) is 104 Å². The molecule has 5 atom stereocenters. The highest BCUT2D eigenvalue weighted by molar-refractivity contribution is 5.64. The number of benzene rings is 3. The van der Waals surface area contributed by atoms with Gasteiger partial charge < -0.3 is 0 Å². The minimum atomic E-state index is 0.574. The molecule has 0 aliphatic carbocycles. The Kier molecular flexibility index (Phi) is 24.8. The molecular weight excluding hydrogens is 901 g/mol. The van der Waals surface area contributed by atoms with Gasteiger partial charge in [-0.3, -0.25) is 29.9 Å². The number of rotatable bonds is 14. The Bertz CT molecular complexity index is 2470. The average molecular weight is 981 g/mol. The van der Waals surface area contributed by atoms with Crippen LogP contribution in [-0.4, -0.2) is 29.9 Å². The molecule has 6 aromatic heterocycles. The van der Waals surface area contributed by atoms with Crippen molar-refractivity contribution in [1.29, 1.82) is 0 Å². The average Bonchev–Trinajstić information content (AvgIpc) is 3.50. The zero-order valence-corrected chi connectivity index (χ0v) is 45.8. The van der Waals surface area contributed by atoms with Gasteiger partial charge in [0.05, 0.1) is 17.1 Å². The van der Waals surface area contributed by atoms with Crippen LogP contribution in [0.25, 0.3) is 44.9 Å². The highest BCUT2D eigenvalue weighted by atomic mass is 14.8. The standard InChI is InChI=1S/3C15H17N.C14H16N2.C9H13N/c1-3-12(2)13-4-6-14(7-5-13)15-8-10-16-11-9-15;1-3-12(2)13-6-8-14(9-7-13)15-5-4-10-16-11-15;1-3-12(2)13-7-9-14(10-8-13)15-6-4-5-11-16-15;1-3-11(2)12-7-8-14(16-10-12)13-6-4-5-9-15-13;1-3-8(2)9-4-6-10-7-5-9/h3*4-12H,3H2,1-2H3;4-11H,3H2,1-2H3;4-8H,3H2,1-2H3. The predicted molar refractivity (Wildman–Crippen MR) is 314 cm³/mol. The first kappa shape index (κ1) is 57.5. The first-order valence-electron chi connectivity index (χ1n) is 26.9. The van der Waals surface area contributed by atoms with Crippen LogP contribution in [0.2, 0.25) is 0 Å². The molecule has 0 fully saturated rings. The molecule has 0 saturated carbocycles. The molecule has 6 heteroatoms. The van der Waals surface area contributed by atoms with Gasteiger partial charge in [-0.15, -0.1) is 0 Å². The Balaban J connectivity index is 0.000000173. The number of aromatic nitrogens is 6. The lowest BCUT2D eigenvalue weighted by Crippen LogP contribution is -1.93. The van der Waals surface area contributed by atoms with Crippen LogP contribution in [0.1, 0.15) is 159 Å². The molecule has 0 amide bonds. The highest BCUT2D eigenvalue weighted by Gasteiger charge is 2.08. The van der Waals surface area contributed by atoms with Gasteiger partial charge in [-0.05, 0) is 172 Å². The van der Waals surface area contributed by atoms with Gasteiger partial charge in [0.2, 0.25) is 0 Å². The van der Waals surface area contributed by atoms with Crippen LogP contribution in [0.3, 0.4) is 0 Å². The summed E-state index contributed by atoms with van der Waals surface area (Å²) >= 11 is 0. The van der Waals surface area contributed by atoms with Crippen LogP contribution in [0.15, 0.2) is 213 Å². The van der Waals surface area contributed by atoms with E-state index in [9.17, 15) is 0 Å². The lowest BCUT2D eigenvalue weighted by atomic mass is 9.96.